The second-order valence-electron chi connectivity index (χ2n) is 8.22. The van der Waals surface area contributed by atoms with E-state index in [1.165, 1.54) is 5.56 Å². The molecule has 1 aliphatic carbocycles. The fourth-order valence-electron chi connectivity index (χ4n) is 4.55. The van der Waals surface area contributed by atoms with Gasteiger partial charge < -0.3 is 10.0 Å². The highest BCUT2D eigenvalue weighted by molar-refractivity contribution is 5.81. The van der Waals surface area contributed by atoms with Gasteiger partial charge in [-0.15, -0.1) is 0 Å². The fourth-order valence-corrected chi connectivity index (χ4v) is 4.55. The molecule has 2 heterocycles. The van der Waals surface area contributed by atoms with Crippen molar-refractivity contribution < 1.29 is 9.90 Å². The third kappa shape index (κ3) is 3.46. The molecule has 3 aliphatic rings. The minimum absolute atomic E-state index is 0.158. The summed E-state index contributed by atoms with van der Waals surface area (Å²) in [5.41, 5.74) is 1.07. The van der Waals surface area contributed by atoms with Gasteiger partial charge in [-0.3, -0.25) is 14.6 Å². The van der Waals surface area contributed by atoms with Gasteiger partial charge in [0, 0.05) is 51.2 Å². The normalized spacial score (nSPS) is 31.0. The molecule has 0 radical (unpaired) electrons. The van der Waals surface area contributed by atoms with E-state index >= 15 is 0 Å². The van der Waals surface area contributed by atoms with Gasteiger partial charge in [-0.25, -0.2) is 0 Å². The van der Waals surface area contributed by atoms with Gasteiger partial charge in [0.05, 0.1) is 12.1 Å². The smallest absolute Gasteiger partial charge is 0.225 e. The van der Waals surface area contributed by atoms with Crippen molar-refractivity contribution in [3.8, 4) is 0 Å². The third-order valence-electron chi connectivity index (χ3n) is 6.04. The summed E-state index contributed by atoms with van der Waals surface area (Å²) in [5.74, 6) is 0.644. The van der Waals surface area contributed by atoms with Crippen molar-refractivity contribution in [1.29, 1.82) is 0 Å². The van der Waals surface area contributed by atoms with Crippen LogP contribution in [0.3, 0.4) is 0 Å². The van der Waals surface area contributed by atoms with Crippen molar-refractivity contribution in [2.24, 2.45) is 5.92 Å². The van der Waals surface area contributed by atoms with Crippen LogP contribution in [0.15, 0.2) is 30.3 Å². The number of carbonyl (C=O) groups excluding carboxylic acids is 1. The maximum Gasteiger partial charge on any atom is 0.225 e. The summed E-state index contributed by atoms with van der Waals surface area (Å²) >= 11 is 0. The summed E-state index contributed by atoms with van der Waals surface area (Å²) in [6.07, 6.45) is 2.14. The first-order valence-corrected chi connectivity index (χ1v) is 9.52. The number of nitrogens with zero attached hydrogens (tertiary/aromatic N) is 3. The molecule has 5 heteroatoms. The molecule has 136 valence electrons. The van der Waals surface area contributed by atoms with Crippen molar-refractivity contribution in [3.05, 3.63) is 35.9 Å². The Morgan fingerprint density at radius 3 is 2.64 bits per heavy atom. The van der Waals surface area contributed by atoms with Gasteiger partial charge >= 0.3 is 0 Å². The van der Waals surface area contributed by atoms with Crippen LogP contribution in [0.1, 0.15) is 25.3 Å². The SMILES string of the molecule is C[C@@]1(CO)CN(Cc2ccccc2)C[C@@H]2CN(C(=O)C3CC3)CCN21. The summed E-state index contributed by atoms with van der Waals surface area (Å²) in [6, 6.07) is 10.8. The number of carbonyl (C=O) groups is 1. The fraction of sp³-hybridized carbons (Fsp3) is 0.650. The molecular formula is C20H29N3O2. The van der Waals surface area contributed by atoms with Crippen LogP contribution in [0.2, 0.25) is 0 Å². The van der Waals surface area contributed by atoms with Gasteiger partial charge in [-0.1, -0.05) is 30.3 Å². The first-order valence-electron chi connectivity index (χ1n) is 9.52. The lowest BCUT2D eigenvalue weighted by atomic mass is 9.91. The number of hydrogen-bond acceptors (Lipinski definition) is 4. The molecule has 3 fully saturated rings. The number of aliphatic hydroxyl groups excluding tert-OH is 1. The molecular weight excluding hydrogens is 314 g/mol. The Kier molecular flexibility index (Phi) is 4.56. The maximum atomic E-state index is 12.5. The quantitative estimate of drug-likeness (QED) is 0.892. The van der Waals surface area contributed by atoms with E-state index < -0.39 is 0 Å². The van der Waals surface area contributed by atoms with Crippen LogP contribution in [0.5, 0.6) is 0 Å². The Balaban J connectivity index is 1.48. The van der Waals surface area contributed by atoms with E-state index in [0.717, 1.165) is 52.1 Å². The van der Waals surface area contributed by atoms with E-state index in [4.69, 9.17) is 0 Å². The highest BCUT2D eigenvalue weighted by Crippen LogP contribution is 2.34. The van der Waals surface area contributed by atoms with Crippen LogP contribution in [-0.2, 0) is 11.3 Å². The van der Waals surface area contributed by atoms with Gasteiger partial charge in [0.2, 0.25) is 5.91 Å². The van der Waals surface area contributed by atoms with E-state index in [1.807, 2.05) is 6.07 Å². The first-order chi connectivity index (χ1) is 12.1. The molecule has 1 saturated carbocycles. The predicted molar refractivity (Wildman–Crippen MR) is 97.0 cm³/mol. The average molecular weight is 343 g/mol. The number of rotatable bonds is 4. The van der Waals surface area contributed by atoms with Crippen molar-refractivity contribution >= 4 is 5.91 Å². The average Bonchev–Trinajstić information content (AvgIpc) is 3.46. The van der Waals surface area contributed by atoms with E-state index in [-0.39, 0.29) is 12.1 Å². The van der Waals surface area contributed by atoms with Crippen molar-refractivity contribution in [2.75, 3.05) is 39.3 Å². The molecule has 1 N–H and O–H groups in total. The summed E-state index contributed by atoms with van der Waals surface area (Å²) in [7, 11) is 0. The van der Waals surface area contributed by atoms with Crippen molar-refractivity contribution in [3.63, 3.8) is 0 Å². The second kappa shape index (κ2) is 6.71. The highest BCUT2D eigenvalue weighted by atomic mass is 16.3. The zero-order valence-corrected chi connectivity index (χ0v) is 15.1. The van der Waals surface area contributed by atoms with Gasteiger partial charge in [-0.05, 0) is 25.3 Å². The molecule has 4 rings (SSSR count). The van der Waals surface area contributed by atoms with Gasteiger partial charge in [0.25, 0.3) is 0 Å². The summed E-state index contributed by atoms with van der Waals surface area (Å²) < 4.78 is 0. The van der Waals surface area contributed by atoms with Crippen molar-refractivity contribution in [2.45, 2.75) is 37.9 Å². The van der Waals surface area contributed by atoms with Crippen LogP contribution in [-0.4, -0.2) is 76.6 Å². The zero-order valence-electron chi connectivity index (χ0n) is 15.1. The monoisotopic (exact) mass is 343 g/mol. The number of aliphatic hydroxyl groups is 1. The number of hydrogen-bond donors (Lipinski definition) is 1. The molecule has 25 heavy (non-hydrogen) atoms. The molecule has 2 atom stereocenters. The molecule has 5 nitrogen and oxygen atoms in total. The topological polar surface area (TPSA) is 47.0 Å². The number of amides is 1. The molecule has 1 aromatic carbocycles. The first kappa shape index (κ1) is 17.0. The number of piperazine rings is 2. The summed E-state index contributed by atoms with van der Waals surface area (Å²) in [4.78, 5) is 19.4. The van der Waals surface area contributed by atoms with Crippen molar-refractivity contribution in [1.82, 2.24) is 14.7 Å². The molecule has 1 amide bonds. The number of fused-ring (bicyclic) bond motifs is 1. The Morgan fingerprint density at radius 2 is 1.96 bits per heavy atom. The summed E-state index contributed by atoms with van der Waals surface area (Å²) in [6.45, 7) is 7.53. The van der Waals surface area contributed by atoms with E-state index in [1.54, 1.807) is 0 Å². The van der Waals surface area contributed by atoms with Crippen LogP contribution >= 0.6 is 0 Å². The van der Waals surface area contributed by atoms with Crippen LogP contribution in [0.4, 0.5) is 0 Å². The number of benzene rings is 1. The molecule has 0 spiro atoms. The molecule has 2 aliphatic heterocycles. The molecule has 0 bridgehead atoms. The van der Waals surface area contributed by atoms with E-state index in [0.29, 0.717) is 17.9 Å². The molecule has 0 unspecified atom stereocenters. The molecule has 1 aromatic rings. The van der Waals surface area contributed by atoms with E-state index in [2.05, 4.69) is 45.9 Å². The Labute approximate surface area is 150 Å². The van der Waals surface area contributed by atoms with Gasteiger partial charge in [0.15, 0.2) is 0 Å². The molecule has 2 saturated heterocycles. The third-order valence-corrected chi connectivity index (χ3v) is 6.04. The van der Waals surface area contributed by atoms with E-state index in [9.17, 15) is 9.90 Å². The molecule has 0 aromatic heterocycles. The Bertz CT molecular complexity index is 619. The Hall–Kier alpha value is -1.43. The van der Waals surface area contributed by atoms with Crippen LogP contribution in [0, 0.1) is 5.92 Å². The standard InChI is InChI=1S/C20H29N3O2/c1-20(15-24)14-21(11-16-5-3-2-4-6-16)12-18-13-22(9-10-23(18)20)19(25)17-7-8-17/h2-6,17-18,24H,7-15H2,1H3/t18-,20+/m1/s1. The second-order valence-corrected chi connectivity index (χ2v) is 8.22. The lowest BCUT2D eigenvalue weighted by Gasteiger charge is -2.56. The minimum Gasteiger partial charge on any atom is -0.394 e. The predicted octanol–water partition coefficient (Wildman–Crippen LogP) is 1.18. The lowest BCUT2D eigenvalue weighted by molar-refractivity contribution is -0.142. The van der Waals surface area contributed by atoms with Crippen LogP contribution < -0.4 is 0 Å². The van der Waals surface area contributed by atoms with Gasteiger partial charge in [0.1, 0.15) is 0 Å². The summed E-state index contributed by atoms with van der Waals surface area (Å²) in [5, 5.41) is 10.1. The highest BCUT2D eigenvalue weighted by Gasteiger charge is 2.46. The largest absolute Gasteiger partial charge is 0.394 e. The minimum atomic E-state index is -0.230. The van der Waals surface area contributed by atoms with Gasteiger partial charge in [-0.2, -0.15) is 0 Å². The Morgan fingerprint density at radius 1 is 1.20 bits per heavy atom. The zero-order chi connectivity index (χ0) is 17.4. The lowest BCUT2D eigenvalue weighted by Crippen LogP contribution is -2.72. The van der Waals surface area contributed by atoms with Crippen LogP contribution in [0.25, 0.3) is 0 Å². The maximum absolute atomic E-state index is 12.5.